The third kappa shape index (κ3) is 10.7. The van der Waals surface area contributed by atoms with Gasteiger partial charge >= 0.3 is 6.03 Å². The summed E-state index contributed by atoms with van der Waals surface area (Å²) in [6, 6.07) is -0.233. The number of urea groups is 1. The summed E-state index contributed by atoms with van der Waals surface area (Å²) in [4.78, 5) is 13.4. The number of hydrogen-bond donors (Lipinski definition) is 1. The molecule has 1 N–H and O–H groups in total. The Balaban J connectivity index is 3.94. The molecule has 0 aromatic heterocycles. The molecule has 0 atom stereocenters. The number of amides is 2. The normalized spacial score (nSPS) is 10.5. The number of hydrogen-bond acceptors (Lipinski definition) is 4. The Kier molecular flexibility index (Phi) is 13.0. The second-order valence-electron chi connectivity index (χ2n) is 4.15. The fourth-order valence-electron chi connectivity index (χ4n) is 1.23. The molecule has 0 radical (unpaired) electrons. The van der Waals surface area contributed by atoms with E-state index in [1.54, 1.807) is 0 Å². The Bertz CT molecular complexity index is 205. The maximum absolute atomic E-state index is 11.9. The van der Waals surface area contributed by atoms with Crippen LogP contribution in [-0.4, -0.2) is 50.9 Å². The van der Waals surface area contributed by atoms with E-state index in [0.29, 0.717) is 19.8 Å². The fraction of sp³-hybridized carbons (Fsp3) is 0.923. The highest BCUT2D eigenvalue weighted by Crippen LogP contribution is 1.94. The lowest BCUT2D eigenvalue weighted by Gasteiger charge is -2.22. The maximum Gasteiger partial charge on any atom is 0.322 e. The van der Waals surface area contributed by atoms with Crippen LogP contribution in [0.15, 0.2) is 0 Å². The average Bonchev–Trinajstić information content (AvgIpc) is 2.42. The summed E-state index contributed by atoms with van der Waals surface area (Å²) in [7, 11) is 0. The zero-order valence-electron chi connectivity index (χ0n) is 12.4. The number of ether oxygens (including phenoxy) is 3. The van der Waals surface area contributed by atoms with Crippen LogP contribution in [0.3, 0.4) is 0 Å². The Labute approximate surface area is 116 Å². The van der Waals surface area contributed by atoms with Crippen LogP contribution in [0.4, 0.5) is 4.79 Å². The minimum absolute atomic E-state index is 0.213. The lowest BCUT2D eigenvalue weighted by Crippen LogP contribution is -2.43. The third-order valence-electron chi connectivity index (χ3n) is 2.15. The molecule has 0 aliphatic heterocycles. The molecule has 114 valence electrons. The van der Waals surface area contributed by atoms with Crippen molar-refractivity contribution in [3.8, 4) is 0 Å². The van der Waals surface area contributed by atoms with Gasteiger partial charge in [0.15, 0.2) is 0 Å². The van der Waals surface area contributed by atoms with Crippen LogP contribution >= 0.6 is 0 Å². The Morgan fingerprint density at radius 2 is 1.37 bits per heavy atom. The number of nitrogens with one attached hydrogen (secondary N) is 1. The summed E-state index contributed by atoms with van der Waals surface area (Å²) in [5.74, 6) is 0. The van der Waals surface area contributed by atoms with Crippen LogP contribution < -0.4 is 5.32 Å². The monoisotopic (exact) mass is 276 g/mol. The van der Waals surface area contributed by atoms with Crippen molar-refractivity contribution in [1.82, 2.24) is 10.2 Å². The first-order valence-electron chi connectivity index (χ1n) is 7.02. The van der Waals surface area contributed by atoms with E-state index in [2.05, 4.69) is 5.32 Å². The number of carbonyl (C=O) groups is 1. The molecule has 0 aromatic rings. The van der Waals surface area contributed by atoms with Crippen molar-refractivity contribution in [3.63, 3.8) is 0 Å². The Morgan fingerprint density at radius 3 is 1.84 bits per heavy atom. The predicted octanol–water partition coefficient (Wildman–Crippen LogP) is 2.15. The molecule has 0 rings (SSSR count). The van der Waals surface area contributed by atoms with Crippen molar-refractivity contribution < 1.29 is 19.0 Å². The molecule has 19 heavy (non-hydrogen) atoms. The Hall–Kier alpha value is -0.850. The second kappa shape index (κ2) is 13.6. The van der Waals surface area contributed by atoms with Gasteiger partial charge in [-0.1, -0.05) is 20.8 Å². The largest absolute Gasteiger partial charge is 0.361 e. The van der Waals surface area contributed by atoms with E-state index in [9.17, 15) is 4.79 Å². The van der Waals surface area contributed by atoms with E-state index in [0.717, 1.165) is 19.3 Å². The van der Waals surface area contributed by atoms with Gasteiger partial charge in [0.1, 0.15) is 20.2 Å². The molecule has 0 unspecified atom stereocenters. The summed E-state index contributed by atoms with van der Waals surface area (Å²) in [5, 5.41) is 2.68. The van der Waals surface area contributed by atoms with Crippen molar-refractivity contribution in [1.29, 1.82) is 0 Å². The summed E-state index contributed by atoms with van der Waals surface area (Å²) in [6.45, 7) is 8.64. The number of nitrogens with zero attached hydrogens (tertiary/aromatic N) is 1. The van der Waals surface area contributed by atoms with Gasteiger partial charge in [-0.15, -0.1) is 0 Å². The van der Waals surface area contributed by atoms with Gasteiger partial charge in [0, 0.05) is 19.8 Å². The van der Waals surface area contributed by atoms with Crippen molar-refractivity contribution >= 4 is 6.03 Å². The molecule has 0 aromatic carbocycles. The number of rotatable bonds is 12. The van der Waals surface area contributed by atoms with E-state index >= 15 is 0 Å². The third-order valence-corrected chi connectivity index (χ3v) is 2.15. The van der Waals surface area contributed by atoms with Crippen LogP contribution in [0.2, 0.25) is 0 Å². The molecule has 0 fully saturated rings. The summed E-state index contributed by atoms with van der Waals surface area (Å²) in [6.07, 6.45) is 2.77. The smallest absolute Gasteiger partial charge is 0.322 e. The van der Waals surface area contributed by atoms with Crippen molar-refractivity contribution in [2.75, 3.05) is 40.0 Å². The van der Waals surface area contributed by atoms with Gasteiger partial charge in [0.2, 0.25) is 0 Å². The molecule has 0 heterocycles. The van der Waals surface area contributed by atoms with Gasteiger partial charge < -0.3 is 19.5 Å². The van der Waals surface area contributed by atoms with E-state index in [1.807, 2.05) is 20.8 Å². The average molecular weight is 276 g/mol. The van der Waals surface area contributed by atoms with E-state index in [-0.39, 0.29) is 26.2 Å². The Morgan fingerprint density at radius 1 is 0.895 bits per heavy atom. The zero-order chi connectivity index (χ0) is 14.3. The van der Waals surface area contributed by atoms with Crippen LogP contribution in [0.25, 0.3) is 0 Å². The van der Waals surface area contributed by atoms with Crippen LogP contribution in [0.1, 0.15) is 40.0 Å². The molecule has 6 heteroatoms. The molecule has 6 nitrogen and oxygen atoms in total. The van der Waals surface area contributed by atoms with Gasteiger partial charge in [-0.05, 0) is 19.3 Å². The summed E-state index contributed by atoms with van der Waals surface area (Å²) in [5.41, 5.74) is 0. The van der Waals surface area contributed by atoms with Gasteiger partial charge in [0.05, 0.1) is 0 Å². The molecule has 0 saturated heterocycles. The van der Waals surface area contributed by atoms with Crippen molar-refractivity contribution in [3.05, 3.63) is 0 Å². The van der Waals surface area contributed by atoms with Gasteiger partial charge in [-0.3, -0.25) is 4.90 Å². The van der Waals surface area contributed by atoms with Gasteiger partial charge in [-0.25, -0.2) is 4.79 Å². The van der Waals surface area contributed by atoms with Crippen molar-refractivity contribution in [2.45, 2.75) is 40.0 Å². The first-order valence-corrected chi connectivity index (χ1v) is 7.02. The van der Waals surface area contributed by atoms with E-state index in [4.69, 9.17) is 14.2 Å². The highest BCUT2D eigenvalue weighted by atomic mass is 16.5. The predicted molar refractivity (Wildman–Crippen MR) is 73.7 cm³/mol. The van der Waals surface area contributed by atoms with Gasteiger partial charge in [-0.2, -0.15) is 0 Å². The zero-order valence-corrected chi connectivity index (χ0v) is 12.4. The minimum Gasteiger partial charge on any atom is -0.361 e. The molecule has 2 amide bonds. The van der Waals surface area contributed by atoms with Crippen LogP contribution in [0.5, 0.6) is 0 Å². The van der Waals surface area contributed by atoms with Gasteiger partial charge in [0.25, 0.3) is 0 Å². The first-order chi connectivity index (χ1) is 9.26. The molecule has 0 aliphatic carbocycles. The van der Waals surface area contributed by atoms with E-state index in [1.165, 1.54) is 4.90 Å². The molecular weight excluding hydrogens is 248 g/mol. The minimum atomic E-state index is -0.233. The SMILES string of the molecule is CCCOCNC(=O)N(COCCC)COCCC. The summed E-state index contributed by atoms with van der Waals surface area (Å²) < 4.78 is 16.0. The fourth-order valence-corrected chi connectivity index (χ4v) is 1.23. The van der Waals surface area contributed by atoms with Crippen molar-refractivity contribution in [2.24, 2.45) is 0 Å². The quantitative estimate of drug-likeness (QED) is 0.438. The highest BCUT2D eigenvalue weighted by Gasteiger charge is 2.12. The standard InChI is InChI=1S/C13H28N2O4/c1-4-7-17-10-14-13(16)15(11-18-8-5-2)12-19-9-6-3/h4-12H2,1-3H3,(H,14,16). The van der Waals surface area contributed by atoms with Crippen LogP contribution in [-0.2, 0) is 14.2 Å². The van der Waals surface area contributed by atoms with E-state index < -0.39 is 0 Å². The first kappa shape index (κ1) is 18.1. The lowest BCUT2D eigenvalue weighted by atomic mass is 10.5. The molecular formula is C13H28N2O4. The number of carbonyl (C=O) groups excluding carboxylic acids is 1. The lowest BCUT2D eigenvalue weighted by molar-refractivity contribution is -0.0228. The molecule has 0 spiro atoms. The summed E-state index contributed by atoms with van der Waals surface area (Å²) >= 11 is 0. The maximum atomic E-state index is 11.9. The van der Waals surface area contributed by atoms with Crippen LogP contribution in [0, 0.1) is 0 Å². The molecule has 0 saturated carbocycles. The topological polar surface area (TPSA) is 60.0 Å². The molecule has 0 bridgehead atoms. The second-order valence-corrected chi connectivity index (χ2v) is 4.15. The molecule has 0 aliphatic rings. The highest BCUT2D eigenvalue weighted by molar-refractivity contribution is 5.73.